The second kappa shape index (κ2) is 13.0. The third-order valence-corrected chi connectivity index (χ3v) is 4.55. The summed E-state index contributed by atoms with van der Waals surface area (Å²) < 4.78 is 5.71. The molecule has 6 nitrogen and oxygen atoms in total. The van der Waals surface area contributed by atoms with E-state index < -0.39 is 36.5 Å². The van der Waals surface area contributed by atoms with Crippen LogP contribution in [0.5, 0.6) is 0 Å². The number of carbonyl (C=O) groups is 1. The molecule has 6 heteroatoms. The third-order valence-electron chi connectivity index (χ3n) is 4.55. The van der Waals surface area contributed by atoms with Crippen molar-refractivity contribution < 1.29 is 30.0 Å². The number of hydrogen-bond acceptors (Lipinski definition) is 5. The molecule has 26 heavy (non-hydrogen) atoms. The van der Waals surface area contributed by atoms with Crippen LogP contribution in [0.4, 0.5) is 0 Å². The van der Waals surface area contributed by atoms with Gasteiger partial charge in [-0.1, -0.05) is 50.5 Å². The van der Waals surface area contributed by atoms with Crippen molar-refractivity contribution in [1.82, 2.24) is 0 Å². The molecule has 1 rings (SSSR count). The highest BCUT2D eigenvalue weighted by Gasteiger charge is 2.35. The van der Waals surface area contributed by atoms with Crippen molar-refractivity contribution in [2.24, 2.45) is 0 Å². The number of aliphatic hydroxyl groups excluding tert-OH is 3. The molecule has 0 aliphatic carbocycles. The molecule has 0 spiro atoms. The molecule has 0 amide bonds. The number of carboxylic acids is 1. The summed E-state index contributed by atoms with van der Waals surface area (Å²) in [6.45, 7) is 2.11. The molecule has 0 unspecified atom stereocenters. The summed E-state index contributed by atoms with van der Waals surface area (Å²) in [6, 6.07) is 0. The molecule has 1 fully saturated rings. The highest BCUT2D eigenvalue weighted by Crippen LogP contribution is 2.25. The molecule has 5 atom stereocenters. The number of aliphatic hydroxyl groups is 3. The molecule has 0 radical (unpaired) electrons. The van der Waals surface area contributed by atoms with Crippen molar-refractivity contribution in [3.8, 4) is 0 Å². The topological polar surface area (TPSA) is 107 Å². The van der Waals surface area contributed by atoms with Crippen molar-refractivity contribution in [1.29, 1.82) is 0 Å². The Morgan fingerprint density at radius 1 is 1.23 bits per heavy atom. The SMILES string of the molecule is CCCCC[C@@H](O)/C=C/[C@H]1O[C@@H]([C@H](O)C/C=C\CCCC(=O)O)C[C@@H]1O. The molecule has 0 aromatic heterocycles. The van der Waals surface area contributed by atoms with Crippen LogP contribution < -0.4 is 0 Å². The van der Waals surface area contributed by atoms with E-state index in [4.69, 9.17) is 9.84 Å². The average molecular weight is 370 g/mol. The van der Waals surface area contributed by atoms with Gasteiger partial charge in [0.15, 0.2) is 0 Å². The molecule has 1 saturated heterocycles. The van der Waals surface area contributed by atoms with Crippen molar-refractivity contribution in [2.75, 3.05) is 0 Å². The predicted octanol–water partition coefficient (Wildman–Crippen LogP) is 2.56. The zero-order valence-electron chi connectivity index (χ0n) is 15.7. The molecule has 0 aromatic carbocycles. The van der Waals surface area contributed by atoms with Crippen molar-refractivity contribution in [3.63, 3.8) is 0 Å². The molecular weight excluding hydrogens is 336 g/mol. The highest BCUT2D eigenvalue weighted by molar-refractivity contribution is 5.66. The van der Waals surface area contributed by atoms with E-state index in [0.717, 1.165) is 19.3 Å². The Labute approximate surface area is 156 Å². The fourth-order valence-electron chi connectivity index (χ4n) is 2.96. The molecular formula is C20H34O6. The first-order chi connectivity index (χ1) is 12.4. The lowest BCUT2D eigenvalue weighted by atomic mass is 10.0. The molecule has 1 aliphatic heterocycles. The third kappa shape index (κ3) is 9.48. The van der Waals surface area contributed by atoms with Crippen LogP contribution in [-0.4, -0.2) is 56.9 Å². The zero-order valence-corrected chi connectivity index (χ0v) is 15.7. The van der Waals surface area contributed by atoms with E-state index >= 15 is 0 Å². The van der Waals surface area contributed by atoms with E-state index in [9.17, 15) is 20.1 Å². The molecule has 1 heterocycles. The van der Waals surface area contributed by atoms with E-state index in [0.29, 0.717) is 32.1 Å². The molecule has 0 aromatic rings. The fourth-order valence-corrected chi connectivity index (χ4v) is 2.96. The first kappa shape index (κ1) is 22.8. The standard InChI is InChI=1S/C20H34O6/c1-2-3-6-9-15(21)12-13-18-17(23)14-19(26-18)16(22)10-7-4-5-8-11-20(24)25/h4,7,12-13,15-19,21-23H,2-3,5-6,8-11,14H2,1H3,(H,24,25)/b7-4-,13-12+/t15-,16-,17+,18-,19-/m1/s1. The lowest BCUT2D eigenvalue weighted by Crippen LogP contribution is -2.25. The first-order valence-corrected chi connectivity index (χ1v) is 9.68. The second-order valence-electron chi connectivity index (χ2n) is 6.95. The Balaban J connectivity index is 2.30. The van der Waals surface area contributed by atoms with Crippen LogP contribution in [0.1, 0.15) is 64.7 Å². The number of ether oxygens (including phenoxy) is 1. The minimum atomic E-state index is -0.804. The molecule has 1 aliphatic rings. The van der Waals surface area contributed by atoms with Crippen LogP contribution in [0.15, 0.2) is 24.3 Å². The predicted molar refractivity (Wildman–Crippen MR) is 99.8 cm³/mol. The molecule has 150 valence electrons. The lowest BCUT2D eigenvalue weighted by Gasteiger charge is -2.16. The Morgan fingerprint density at radius 2 is 2.00 bits per heavy atom. The summed E-state index contributed by atoms with van der Waals surface area (Å²) >= 11 is 0. The van der Waals surface area contributed by atoms with E-state index in [2.05, 4.69) is 6.92 Å². The van der Waals surface area contributed by atoms with Crippen molar-refractivity contribution in [2.45, 2.75) is 95.2 Å². The van der Waals surface area contributed by atoms with Crippen LogP contribution in [0.25, 0.3) is 0 Å². The summed E-state index contributed by atoms with van der Waals surface area (Å²) in [7, 11) is 0. The van der Waals surface area contributed by atoms with Crippen LogP contribution in [-0.2, 0) is 9.53 Å². The van der Waals surface area contributed by atoms with Gasteiger partial charge in [-0.25, -0.2) is 0 Å². The first-order valence-electron chi connectivity index (χ1n) is 9.68. The van der Waals surface area contributed by atoms with Crippen LogP contribution in [0.2, 0.25) is 0 Å². The van der Waals surface area contributed by atoms with E-state index in [-0.39, 0.29) is 6.42 Å². The van der Waals surface area contributed by atoms with Crippen molar-refractivity contribution >= 4 is 5.97 Å². The number of allylic oxidation sites excluding steroid dienone is 1. The minimum absolute atomic E-state index is 0.142. The Morgan fingerprint density at radius 3 is 2.69 bits per heavy atom. The maximum Gasteiger partial charge on any atom is 0.303 e. The molecule has 0 saturated carbocycles. The summed E-state index contributed by atoms with van der Waals surface area (Å²) in [5.41, 5.74) is 0. The normalized spacial score (nSPS) is 25.9. The maximum atomic E-state index is 10.4. The van der Waals surface area contributed by atoms with Gasteiger partial charge in [0.2, 0.25) is 0 Å². The smallest absolute Gasteiger partial charge is 0.303 e. The van der Waals surface area contributed by atoms with Crippen LogP contribution >= 0.6 is 0 Å². The summed E-state index contributed by atoms with van der Waals surface area (Å²) in [6.07, 6.45) is 10.2. The average Bonchev–Trinajstić information content (AvgIpc) is 2.97. The van der Waals surface area contributed by atoms with Crippen molar-refractivity contribution in [3.05, 3.63) is 24.3 Å². The monoisotopic (exact) mass is 370 g/mol. The van der Waals surface area contributed by atoms with Gasteiger partial charge in [-0.3, -0.25) is 4.79 Å². The molecule has 4 N–H and O–H groups in total. The van der Waals surface area contributed by atoms with Gasteiger partial charge in [0.25, 0.3) is 0 Å². The van der Waals surface area contributed by atoms with E-state index in [1.54, 1.807) is 12.2 Å². The van der Waals surface area contributed by atoms with Gasteiger partial charge in [0.05, 0.1) is 24.4 Å². The van der Waals surface area contributed by atoms with Gasteiger partial charge in [0, 0.05) is 12.8 Å². The van der Waals surface area contributed by atoms with Gasteiger partial charge >= 0.3 is 5.97 Å². The Kier molecular flexibility index (Phi) is 11.4. The number of aliphatic carboxylic acids is 1. The molecule has 0 bridgehead atoms. The quantitative estimate of drug-likeness (QED) is 0.293. The zero-order chi connectivity index (χ0) is 19.4. The second-order valence-corrected chi connectivity index (χ2v) is 6.95. The number of unbranched alkanes of at least 4 members (excludes halogenated alkanes) is 3. The lowest BCUT2D eigenvalue weighted by molar-refractivity contribution is -0.137. The largest absolute Gasteiger partial charge is 0.481 e. The minimum Gasteiger partial charge on any atom is -0.481 e. The van der Waals surface area contributed by atoms with Crippen LogP contribution in [0.3, 0.4) is 0 Å². The number of hydrogen-bond donors (Lipinski definition) is 4. The van der Waals surface area contributed by atoms with Gasteiger partial charge in [0.1, 0.15) is 6.10 Å². The number of carboxylic acid groups (broad SMARTS) is 1. The van der Waals surface area contributed by atoms with Gasteiger partial charge in [-0.2, -0.15) is 0 Å². The van der Waals surface area contributed by atoms with Crippen LogP contribution in [0, 0.1) is 0 Å². The Hall–Kier alpha value is -1.21. The van der Waals surface area contributed by atoms with Gasteiger partial charge < -0.3 is 25.2 Å². The number of rotatable bonds is 13. The Bertz CT molecular complexity index is 448. The fraction of sp³-hybridized carbons (Fsp3) is 0.750. The summed E-state index contributed by atoms with van der Waals surface area (Å²) in [5.74, 6) is -0.804. The highest BCUT2D eigenvalue weighted by atomic mass is 16.5. The van der Waals surface area contributed by atoms with E-state index in [1.807, 2.05) is 12.2 Å². The summed E-state index contributed by atoms with van der Waals surface area (Å²) in [5, 5.41) is 38.7. The maximum absolute atomic E-state index is 10.4. The van der Waals surface area contributed by atoms with Gasteiger partial charge in [-0.15, -0.1) is 0 Å². The summed E-state index contributed by atoms with van der Waals surface area (Å²) in [4.78, 5) is 10.4. The van der Waals surface area contributed by atoms with E-state index in [1.165, 1.54) is 0 Å². The van der Waals surface area contributed by atoms with Gasteiger partial charge in [-0.05, 0) is 25.7 Å².